The van der Waals surface area contributed by atoms with Crippen molar-refractivity contribution in [3.8, 4) is 0 Å². The van der Waals surface area contributed by atoms with Gasteiger partial charge in [-0.15, -0.1) is 0 Å². The summed E-state index contributed by atoms with van der Waals surface area (Å²) in [6.45, 7) is 4.02. The monoisotopic (exact) mass is 162 g/mol. The third-order valence-corrected chi connectivity index (χ3v) is 1.66. The second kappa shape index (κ2) is 9.31. The van der Waals surface area contributed by atoms with Gasteiger partial charge in [0.05, 0.1) is 0 Å². The lowest BCUT2D eigenvalue weighted by atomic mass is 10.3. The summed E-state index contributed by atoms with van der Waals surface area (Å²) in [5, 5.41) is 0. The first kappa shape index (κ1) is 10.3. The molecule has 0 unspecified atom stereocenters. The molecule has 0 aliphatic carbocycles. The molecule has 0 N–H and O–H groups in total. The summed E-state index contributed by atoms with van der Waals surface area (Å²) in [7, 11) is 0. The van der Waals surface area contributed by atoms with Crippen molar-refractivity contribution >= 4 is 12.6 Å². The minimum absolute atomic E-state index is 0.882. The van der Waals surface area contributed by atoms with Gasteiger partial charge in [-0.3, -0.25) is 0 Å². The average molecular weight is 162 g/mol. The molecule has 0 aliphatic heterocycles. The van der Waals surface area contributed by atoms with Gasteiger partial charge >= 0.3 is 0 Å². The molecule has 2 heteroatoms. The lowest BCUT2D eigenvalue weighted by Crippen LogP contribution is -1.96. The van der Waals surface area contributed by atoms with Crippen LogP contribution in [0.3, 0.4) is 0 Å². The number of thiol groups is 1. The average Bonchev–Trinajstić information content (AvgIpc) is 1.97. The normalized spacial score (nSPS) is 10.2. The van der Waals surface area contributed by atoms with Crippen molar-refractivity contribution in [2.75, 3.05) is 19.0 Å². The van der Waals surface area contributed by atoms with Crippen molar-refractivity contribution in [1.29, 1.82) is 0 Å². The number of hydrogen-bond donors (Lipinski definition) is 1. The van der Waals surface area contributed by atoms with Gasteiger partial charge in [-0.25, -0.2) is 0 Å². The van der Waals surface area contributed by atoms with Gasteiger partial charge in [0.2, 0.25) is 0 Å². The molecular formula is C8H18OS. The smallest absolute Gasteiger partial charge is 0.0473 e. The van der Waals surface area contributed by atoms with Crippen molar-refractivity contribution in [2.24, 2.45) is 0 Å². The Bertz CT molecular complexity index is 49.2. The lowest BCUT2D eigenvalue weighted by molar-refractivity contribution is 0.131. The fourth-order valence-corrected chi connectivity index (χ4v) is 0.852. The van der Waals surface area contributed by atoms with E-state index in [1.165, 1.54) is 19.3 Å². The quantitative estimate of drug-likeness (QED) is 0.447. The maximum atomic E-state index is 5.33. The SMILES string of the molecule is CCCCCOCCCS. The first-order valence-electron chi connectivity index (χ1n) is 4.10. The molecule has 0 heterocycles. The van der Waals surface area contributed by atoms with Crippen LogP contribution in [0.15, 0.2) is 0 Å². The van der Waals surface area contributed by atoms with Gasteiger partial charge in [0.1, 0.15) is 0 Å². The van der Waals surface area contributed by atoms with E-state index in [-0.39, 0.29) is 0 Å². The molecular weight excluding hydrogens is 144 g/mol. The minimum Gasteiger partial charge on any atom is -0.381 e. The Kier molecular flexibility index (Phi) is 9.60. The molecule has 0 aromatic heterocycles. The van der Waals surface area contributed by atoms with Crippen LogP contribution in [-0.4, -0.2) is 19.0 Å². The summed E-state index contributed by atoms with van der Waals surface area (Å²) in [6.07, 6.45) is 4.86. The highest BCUT2D eigenvalue weighted by atomic mass is 32.1. The largest absolute Gasteiger partial charge is 0.381 e. The van der Waals surface area contributed by atoms with Crippen molar-refractivity contribution < 1.29 is 4.74 Å². The molecule has 0 radical (unpaired) electrons. The zero-order chi connectivity index (χ0) is 7.66. The second-order valence-corrected chi connectivity index (χ2v) is 2.84. The Morgan fingerprint density at radius 2 is 1.80 bits per heavy atom. The fourth-order valence-electron chi connectivity index (χ4n) is 0.723. The van der Waals surface area contributed by atoms with Crippen molar-refractivity contribution in [3.63, 3.8) is 0 Å². The zero-order valence-electron chi connectivity index (χ0n) is 6.81. The summed E-state index contributed by atoms with van der Waals surface area (Å²) < 4.78 is 5.33. The maximum Gasteiger partial charge on any atom is 0.0473 e. The molecule has 10 heavy (non-hydrogen) atoms. The third-order valence-electron chi connectivity index (χ3n) is 1.34. The molecule has 62 valence electrons. The molecule has 0 spiro atoms. The minimum atomic E-state index is 0.882. The van der Waals surface area contributed by atoms with Crippen LogP contribution >= 0.6 is 12.6 Å². The van der Waals surface area contributed by atoms with E-state index in [0.717, 1.165) is 25.4 Å². The predicted molar refractivity (Wildman–Crippen MR) is 48.8 cm³/mol. The van der Waals surface area contributed by atoms with Gasteiger partial charge in [-0.1, -0.05) is 19.8 Å². The summed E-state index contributed by atoms with van der Waals surface area (Å²) in [6, 6.07) is 0. The number of rotatable bonds is 7. The van der Waals surface area contributed by atoms with Gasteiger partial charge in [0.25, 0.3) is 0 Å². The van der Waals surface area contributed by atoms with Crippen molar-refractivity contribution in [2.45, 2.75) is 32.6 Å². The first-order valence-corrected chi connectivity index (χ1v) is 4.73. The molecule has 0 atom stereocenters. The molecule has 0 fully saturated rings. The highest BCUT2D eigenvalue weighted by Gasteiger charge is 1.86. The Hall–Kier alpha value is 0.310. The van der Waals surface area contributed by atoms with Gasteiger partial charge in [0, 0.05) is 13.2 Å². The Labute approximate surface area is 69.6 Å². The van der Waals surface area contributed by atoms with Crippen LogP contribution in [-0.2, 0) is 4.74 Å². The number of unbranched alkanes of at least 4 members (excludes halogenated alkanes) is 2. The van der Waals surface area contributed by atoms with Crippen LogP contribution in [0, 0.1) is 0 Å². The summed E-state index contributed by atoms with van der Waals surface area (Å²) in [5.41, 5.74) is 0. The van der Waals surface area contributed by atoms with E-state index in [2.05, 4.69) is 19.6 Å². The predicted octanol–water partition coefficient (Wildman–Crippen LogP) is 2.51. The van der Waals surface area contributed by atoms with E-state index in [0.29, 0.717) is 0 Å². The molecule has 1 nitrogen and oxygen atoms in total. The van der Waals surface area contributed by atoms with Crippen LogP contribution in [0.2, 0.25) is 0 Å². The highest BCUT2D eigenvalue weighted by molar-refractivity contribution is 7.80. The Morgan fingerprint density at radius 3 is 2.40 bits per heavy atom. The van der Waals surface area contributed by atoms with Crippen LogP contribution in [0.25, 0.3) is 0 Å². The number of hydrogen-bond acceptors (Lipinski definition) is 2. The topological polar surface area (TPSA) is 9.23 Å². The molecule has 0 rings (SSSR count). The zero-order valence-corrected chi connectivity index (χ0v) is 7.70. The van der Waals surface area contributed by atoms with E-state index in [1.54, 1.807) is 0 Å². The lowest BCUT2D eigenvalue weighted by Gasteiger charge is -2.00. The maximum absolute atomic E-state index is 5.33. The molecule has 0 aliphatic rings. The summed E-state index contributed by atoms with van der Waals surface area (Å²) in [4.78, 5) is 0. The molecule has 0 amide bonds. The van der Waals surface area contributed by atoms with Crippen LogP contribution in [0.1, 0.15) is 32.6 Å². The van der Waals surface area contributed by atoms with Crippen LogP contribution in [0.4, 0.5) is 0 Å². The molecule has 0 aromatic rings. The van der Waals surface area contributed by atoms with Crippen molar-refractivity contribution in [3.05, 3.63) is 0 Å². The molecule has 0 saturated heterocycles. The second-order valence-electron chi connectivity index (χ2n) is 2.40. The van der Waals surface area contributed by atoms with Gasteiger partial charge in [-0.05, 0) is 18.6 Å². The van der Waals surface area contributed by atoms with Crippen molar-refractivity contribution in [1.82, 2.24) is 0 Å². The Morgan fingerprint density at radius 1 is 1.10 bits per heavy atom. The third kappa shape index (κ3) is 8.31. The molecule has 0 aromatic carbocycles. The van der Waals surface area contributed by atoms with Gasteiger partial charge in [-0.2, -0.15) is 12.6 Å². The first-order chi connectivity index (χ1) is 4.91. The van der Waals surface area contributed by atoms with E-state index >= 15 is 0 Å². The molecule has 0 bridgehead atoms. The Balaban J connectivity index is 2.65. The van der Waals surface area contributed by atoms with Crippen LogP contribution in [0.5, 0.6) is 0 Å². The summed E-state index contributed by atoms with van der Waals surface area (Å²) in [5.74, 6) is 0.938. The molecule has 0 saturated carbocycles. The van der Waals surface area contributed by atoms with Crippen LogP contribution < -0.4 is 0 Å². The van der Waals surface area contributed by atoms with E-state index in [4.69, 9.17) is 4.74 Å². The van der Waals surface area contributed by atoms with Gasteiger partial charge in [0.15, 0.2) is 0 Å². The van der Waals surface area contributed by atoms with Gasteiger partial charge < -0.3 is 4.74 Å². The van der Waals surface area contributed by atoms with E-state index in [9.17, 15) is 0 Å². The summed E-state index contributed by atoms with van der Waals surface area (Å²) >= 11 is 4.08. The fraction of sp³-hybridized carbons (Fsp3) is 1.00. The standard InChI is InChI=1S/C8H18OS/c1-2-3-4-6-9-7-5-8-10/h10H,2-8H2,1H3. The number of ether oxygens (including phenoxy) is 1. The van der Waals surface area contributed by atoms with E-state index in [1.807, 2.05) is 0 Å². The highest BCUT2D eigenvalue weighted by Crippen LogP contribution is 1.94. The van der Waals surface area contributed by atoms with E-state index < -0.39 is 0 Å².